The second-order valence-electron chi connectivity index (χ2n) is 9.25. The lowest BCUT2D eigenvalue weighted by Crippen LogP contribution is -2.63. The number of ketones is 1. The lowest BCUT2D eigenvalue weighted by molar-refractivity contribution is -0.136. The van der Waals surface area contributed by atoms with Gasteiger partial charge in [0, 0.05) is 17.3 Å². The Bertz CT molecular complexity index is 565. The van der Waals surface area contributed by atoms with E-state index in [0.29, 0.717) is 23.5 Å². The standard InChI is InChI=1S/C19H27BrO3/c1-17-6-5-14-12(13(17)2-3-15(17)22)8-16-19(20)9-11(21)4-7-18(14,19)10-23-16/h11-14,16,21H,2-10H2,1H3. The summed E-state index contributed by atoms with van der Waals surface area (Å²) >= 11 is 4.11. The Balaban J connectivity index is 1.56. The highest BCUT2D eigenvalue weighted by molar-refractivity contribution is 9.10. The first-order valence-corrected chi connectivity index (χ1v) is 10.2. The topological polar surface area (TPSA) is 46.5 Å². The summed E-state index contributed by atoms with van der Waals surface area (Å²) in [5.41, 5.74) is 0.129. The molecule has 0 amide bonds. The van der Waals surface area contributed by atoms with Crippen molar-refractivity contribution in [2.24, 2.45) is 28.6 Å². The Kier molecular flexibility index (Phi) is 3.08. The molecule has 5 aliphatic rings. The zero-order chi connectivity index (χ0) is 16.0. The van der Waals surface area contributed by atoms with Gasteiger partial charge in [-0.05, 0) is 62.7 Å². The molecule has 1 saturated heterocycles. The Morgan fingerprint density at radius 2 is 2.04 bits per heavy atom. The van der Waals surface area contributed by atoms with Crippen LogP contribution in [0.25, 0.3) is 0 Å². The molecule has 8 unspecified atom stereocenters. The van der Waals surface area contributed by atoms with Gasteiger partial charge in [-0.15, -0.1) is 0 Å². The molecular formula is C19H27BrO3. The molecule has 23 heavy (non-hydrogen) atoms. The van der Waals surface area contributed by atoms with Crippen molar-refractivity contribution in [2.75, 3.05) is 6.61 Å². The minimum absolute atomic E-state index is 0.0326. The van der Waals surface area contributed by atoms with E-state index in [1.807, 2.05) is 0 Å². The van der Waals surface area contributed by atoms with E-state index in [9.17, 15) is 9.90 Å². The number of rotatable bonds is 0. The molecule has 0 spiro atoms. The van der Waals surface area contributed by atoms with Crippen LogP contribution in [-0.2, 0) is 9.53 Å². The van der Waals surface area contributed by atoms with Crippen LogP contribution in [0.3, 0.4) is 0 Å². The van der Waals surface area contributed by atoms with Crippen LogP contribution < -0.4 is 0 Å². The molecular weight excluding hydrogens is 356 g/mol. The van der Waals surface area contributed by atoms with Gasteiger partial charge in [0.15, 0.2) is 0 Å². The predicted molar refractivity (Wildman–Crippen MR) is 90.4 cm³/mol. The number of fused-ring (bicyclic) bond motifs is 3. The number of carbonyl (C=O) groups is 1. The van der Waals surface area contributed by atoms with Crippen molar-refractivity contribution in [3.63, 3.8) is 0 Å². The molecule has 8 atom stereocenters. The summed E-state index contributed by atoms with van der Waals surface area (Å²) in [5.74, 6) is 2.39. The predicted octanol–water partition coefficient (Wildman–Crippen LogP) is 3.47. The normalized spacial score (nSPS) is 61.0. The summed E-state index contributed by atoms with van der Waals surface area (Å²) in [7, 11) is 0. The summed E-state index contributed by atoms with van der Waals surface area (Å²) in [6.07, 6.45) is 8.06. The molecule has 0 radical (unpaired) electrons. The number of ether oxygens (including phenoxy) is 1. The SMILES string of the molecule is CC12CCC3C(CC4OCC35CCC(O)CC45Br)C1CCC2=O. The number of alkyl halides is 1. The fraction of sp³-hybridized carbons (Fsp3) is 0.947. The van der Waals surface area contributed by atoms with Gasteiger partial charge in [0.2, 0.25) is 0 Å². The first-order valence-electron chi connectivity index (χ1n) is 9.43. The van der Waals surface area contributed by atoms with E-state index in [-0.39, 0.29) is 27.4 Å². The fourth-order valence-corrected chi connectivity index (χ4v) is 8.78. The van der Waals surface area contributed by atoms with Crippen LogP contribution in [0.2, 0.25) is 0 Å². The molecule has 4 saturated carbocycles. The van der Waals surface area contributed by atoms with Crippen molar-refractivity contribution >= 4 is 21.7 Å². The number of hydrogen-bond donors (Lipinski definition) is 1. The van der Waals surface area contributed by atoms with Crippen LogP contribution >= 0.6 is 15.9 Å². The minimum atomic E-state index is -0.190. The molecule has 4 aliphatic carbocycles. The molecule has 5 fully saturated rings. The maximum Gasteiger partial charge on any atom is 0.139 e. The molecule has 1 aliphatic heterocycles. The highest BCUT2D eigenvalue weighted by Gasteiger charge is 2.72. The molecule has 5 rings (SSSR count). The first-order chi connectivity index (χ1) is 10.9. The summed E-state index contributed by atoms with van der Waals surface area (Å²) in [5, 5.41) is 10.3. The molecule has 1 N–H and O–H groups in total. The van der Waals surface area contributed by atoms with Crippen molar-refractivity contribution in [1.29, 1.82) is 0 Å². The van der Waals surface area contributed by atoms with E-state index in [1.165, 1.54) is 6.42 Å². The maximum atomic E-state index is 12.5. The lowest BCUT2D eigenvalue weighted by atomic mass is 9.45. The number of halogens is 1. The first kappa shape index (κ1) is 15.3. The third kappa shape index (κ3) is 1.67. The minimum Gasteiger partial charge on any atom is -0.393 e. The van der Waals surface area contributed by atoms with Gasteiger partial charge in [-0.2, -0.15) is 0 Å². The molecule has 3 nitrogen and oxygen atoms in total. The molecule has 2 bridgehead atoms. The van der Waals surface area contributed by atoms with Crippen LogP contribution in [-0.4, -0.2) is 34.0 Å². The van der Waals surface area contributed by atoms with E-state index in [1.54, 1.807) is 0 Å². The third-order valence-electron chi connectivity index (χ3n) is 8.68. The van der Waals surface area contributed by atoms with Crippen LogP contribution in [0.5, 0.6) is 0 Å². The Labute approximate surface area is 146 Å². The van der Waals surface area contributed by atoms with Crippen molar-refractivity contribution in [3.8, 4) is 0 Å². The van der Waals surface area contributed by atoms with Gasteiger partial charge in [0.25, 0.3) is 0 Å². The second-order valence-corrected chi connectivity index (χ2v) is 10.7. The third-order valence-corrected chi connectivity index (χ3v) is 10.3. The highest BCUT2D eigenvalue weighted by Crippen LogP contribution is 2.71. The van der Waals surface area contributed by atoms with Gasteiger partial charge < -0.3 is 9.84 Å². The van der Waals surface area contributed by atoms with Crippen molar-refractivity contribution in [2.45, 2.75) is 74.8 Å². The summed E-state index contributed by atoms with van der Waals surface area (Å²) in [4.78, 5) is 12.5. The largest absolute Gasteiger partial charge is 0.393 e. The zero-order valence-electron chi connectivity index (χ0n) is 13.9. The van der Waals surface area contributed by atoms with Gasteiger partial charge in [-0.1, -0.05) is 22.9 Å². The Morgan fingerprint density at radius 3 is 2.87 bits per heavy atom. The average molecular weight is 383 g/mol. The Morgan fingerprint density at radius 1 is 1.22 bits per heavy atom. The summed E-state index contributed by atoms with van der Waals surface area (Å²) in [6.45, 7) is 3.10. The molecule has 1 heterocycles. The summed E-state index contributed by atoms with van der Waals surface area (Å²) < 4.78 is 6.29. The van der Waals surface area contributed by atoms with Gasteiger partial charge in [0.1, 0.15) is 5.78 Å². The molecule has 4 heteroatoms. The maximum absolute atomic E-state index is 12.5. The van der Waals surface area contributed by atoms with E-state index >= 15 is 0 Å². The lowest BCUT2D eigenvalue weighted by Gasteiger charge is -2.61. The fourth-order valence-electron chi connectivity index (χ4n) is 7.48. The smallest absolute Gasteiger partial charge is 0.139 e. The molecule has 128 valence electrons. The van der Waals surface area contributed by atoms with Gasteiger partial charge in [-0.3, -0.25) is 4.79 Å². The number of carbonyl (C=O) groups excluding carboxylic acids is 1. The average Bonchev–Trinajstić information content (AvgIpc) is 2.88. The Hall–Kier alpha value is 0.0700. The zero-order valence-corrected chi connectivity index (χ0v) is 15.5. The number of hydrogen-bond acceptors (Lipinski definition) is 3. The highest BCUT2D eigenvalue weighted by atomic mass is 79.9. The molecule has 0 aromatic carbocycles. The number of aliphatic hydroxyl groups is 1. The molecule has 0 aromatic rings. The van der Waals surface area contributed by atoms with E-state index in [4.69, 9.17) is 4.74 Å². The van der Waals surface area contributed by atoms with Crippen LogP contribution in [0.15, 0.2) is 0 Å². The van der Waals surface area contributed by atoms with Gasteiger partial charge in [0.05, 0.1) is 23.1 Å². The van der Waals surface area contributed by atoms with Gasteiger partial charge >= 0.3 is 0 Å². The monoisotopic (exact) mass is 382 g/mol. The summed E-state index contributed by atoms with van der Waals surface area (Å²) in [6, 6.07) is 0. The van der Waals surface area contributed by atoms with Crippen LogP contribution in [0, 0.1) is 28.6 Å². The van der Waals surface area contributed by atoms with Crippen LogP contribution in [0.1, 0.15) is 58.3 Å². The second kappa shape index (κ2) is 4.62. The van der Waals surface area contributed by atoms with E-state index < -0.39 is 0 Å². The van der Waals surface area contributed by atoms with Gasteiger partial charge in [-0.25, -0.2) is 0 Å². The van der Waals surface area contributed by atoms with Crippen LogP contribution in [0.4, 0.5) is 0 Å². The quantitative estimate of drug-likeness (QED) is 0.652. The van der Waals surface area contributed by atoms with Crippen molar-refractivity contribution < 1.29 is 14.6 Å². The number of aliphatic hydroxyl groups excluding tert-OH is 1. The van der Waals surface area contributed by atoms with Crippen molar-refractivity contribution in [1.82, 2.24) is 0 Å². The molecule has 0 aromatic heterocycles. The van der Waals surface area contributed by atoms with Crippen molar-refractivity contribution in [3.05, 3.63) is 0 Å². The van der Waals surface area contributed by atoms with E-state index in [0.717, 1.165) is 51.6 Å². The number of Topliss-reactive ketones (excluding diaryl/α,β-unsaturated/α-hetero) is 1. The van der Waals surface area contributed by atoms with E-state index in [2.05, 4.69) is 22.9 Å².